The van der Waals surface area contributed by atoms with Crippen LogP contribution in [0.2, 0.25) is 5.02 Å². The van der Waals surface area contributed by atoms with Gasteiger partial charge in [-0.1, -0.05) is 24.9 Å². The second-order valence-electron chi connectivity index (χ2n) is 9.61. The quantitative estimate of drug-likeness (QED) is 0.269. The summed E-state index contributed by atoms with van der Waals surface area (Å²) in [6.07, 6.45) is 5.56. The molecular weight excluding hydrogens is 509 g/mol. The molecule has 1 aromatic heterocycles. The van der Waals surface area contributed by atoms with Gasteiger partial charge in [0, 0.05) is 36.7 Å². The zero-order valence-electron chi connectivity index (χ0n) is 21.9. The number of amides is 1. The molecule has 2 N–H and O–H groups in total. The monoisotopic (exact) mass is 543 g/mol. The van der Waals surface area contributed by atoms with E-state index in [0.717, 1.165) is 19.6 Å². The number of carbonyl (C=O) groups is 1. The van der Waals surface area contributed by atoms with Crippen molar-refractivity contribution in [1.82, 2.24) is 14.9 Å². The van der Waals surface area contributed by atoms with Crippen molar-refractivity contribution in [1.29, 1.82) is 0 Å². The molecule has 0 aliphatic carbocycles. The number of benzene rings is 2. The van der Waals surface area contributed by atoms with Gasteiger partial charge in [-0.15, -0.1) is 0 Å². The Balaban J connectivity index is 1.55. The van der Waals surface area contributed by atoms with E-state index in [4.69, 9.17) is 21.1 Å². The Labute approximate surface area is 227 Å². The fraction of sp³-hybridized carbons (Fsp3) is 0.464. The zero-order valence-corrected chi connectivity index (χ0v) is 22.7. The van der Waals surface area contributed by atoms with E-state index in [1.54, 1.807) is 18.2 Å². The molecular formula is C28H35ClFN5O3. The largest absolute Gasteiger partial charge is 0.489 e. The van der Waals surface area contributed by atoms with E-state index in [-0.39, 0.29) is 16.8 Å². The summed E-state index contributed by atoms with van der Waals surface area (Å²) in [6.45, 7) is 8.49. The van der Waals surface area contributed by atoms with Gasteiger partial charge in [0.15, 0.2) is 0 Å². The SMILES string of the molecule is CCOCCOc1cc2ncnc(Nc3ccc(F)c(Cl)c3)c2cc1NC(=O)CC(C)CN1CCCCC1. The number of aromatic nitrogens is 2. The van der Waals surface area contributed by atoms with E-state index in [0.29, 0.717) is 60.1 Å². The zero-order chi connectivity index (χ0) is 26.9. The summed E-state index contributed by atoms with van der Waals surface area (Å²) in [4.78, 5) is 24.3. The van der Waals surface area contributed by atoms with Crippen LogP contribution in [0, 0.1) is 11.7 Å². The summed E-state index contributed by atoms with van der Waals surface area (Å²) in [5.74, 6) is 0.634. The Bertz CT molecular complexity index is 1240. The molecule has 2 aromatic carbocycles. The number of hydrogen-bond donors (Lipinski definition) is 2. The molecule has 1 fully saturated rings. The number of fused-ring (bicyclic) bond motifs is 1. The first kappa shape index (κ1) is 28.0. The third kappa shape index (κ3) is 7.75. The molecule has 1 aliphatic heterocycles. The van der Waals surface area contributed by atoms with Gasteiger partial charge in [0.1, 0.15) is 30.3 Å². The van der Waals surface area contributed by atoms with Crippen molar-refractivity contribution < 1.29 is 18.7 Å². The van der Waals surface area contributed by atoms with E-state index >= 15 is 0 Å². The van der Waals surface area contributed by atoms with Gasteiger partial charge in [-0.05, 0) is 63.0 Å². The lowest BCUT2D eigenvalue weighted by Gasteiger charge is -2.28. The predicted octanol–water partition coefficient (Wildman–Crippen LogP) is 6.03. The van der Waals surface area contributed by atoms with E-state index < -0.39 is 5.82 Å². The third-order valence-electron chi connectivity index (χ3n) is 6.43. The highest BCUT2D eigenvalue weighted by Crippen LogP contribution is 2.34. The summed E-state index contributed by atoms with van der Waals surface area (Å²) in [5, 5.41) is 6.89. The van der Waals surface area contributed by atoms with E-state index in [1.165, 1.54) is 37.7 Å². The molecule has 1 unspecified atom stereocenters. The second-order valence-corrected chi connectivity index (χ2v) is 10.0. The van der Waals surface area contributed by atoms with Crippen LogP contribution in [0.4, 0.5) is 21.6 Å². The van der Waals surface area contributed by atoms with Crippen LogP contribution in [-0.4, -0.2) is 60.2 Å². The van der Waals surface area contributed by atoms with Crippen LogP contribution >= 0.6 is 11.6 Å². The molecule has 3 aromatic rings. The van der Waals surface area contributed by atoms with Crippen molar-refractivity contribution in [2.75, 3.05) is 50.1 Å². The smallest absolute Gasteiger partial charge is 0.224 e. The Morgan fingerprint density at radius 2 is 1.97 bits per heavy atom. The third-order valence-corrected chi connectivity index (χ3v) is 6.72. The van der Waals surface area contributed by atoms with Gasteiger partial charge >= 0.3 is 0 Å². The summed E-state index contributed by atoms with van der Waals surface area (Å²) in [5.41, 5.74) is 1.73. The number of likely N-dealkylation sites (tertiary alicyclic amines) is 1. The van der Waals surface area contributed by atoms with E-state index in [2.05, 4.69) is 32.4 Å². The Morgan fingerprint density at radius 3 is 2.74 bits per heavy atom. The first-order chi connectivity index (χ1) is 18.4. The molecule has 1 amide bonds. The van der Waals surface area contributed by atoms with Gasteiger partial charge in [0.25, 0.3) is 0 Å². The lowest BCUT2D eigenvalue weighted by molar-refractivity contribution is -0.117. The Morgan fingerprint density at radius 1 is 1.16 bits per heavy atom. The molecule has 0 bridgehead atoms. The highest BCUT2D eigenvalue weighted by Gasteiger charge is 2.18. The van der Waals surface area contributed by atoms with Crippen molar-refractivity contribution in [3.8, 4) is 5.75 Å². The molecule has 0 spiro atoms. The van der Waals surface area contributed by atoms with Crippen LogP contribution in [-0.2, 0) is 9.53 Å². The van der Waals surface area contributed by atoms with Crippen LogP contribution in [0.15, 0.2) is 36.7 Å². The number of anilines is 3. The Kier molecular flexibility index (Phi) is 10.1. The maximum atomic E-state index is 13.6. The minimum absolute atomic E-state index is 0.00460. The number of carbonyl (C=O) groups excluding carboxylic acids is 1. The van der Waals surface area contributed by atoms with Crippen LogP contribution in [0.25, 0.3) is 10.9 Å². The number of ether oxygens (including phenoxy) is 2. The minimum atomic E-state index is -0.502. The van der Waals surface area contributed by atoms with Crippen molar-refractivity contribution >= 4 is 45.6 Å². The normalized spacial score (nSPS) is 14.8. The second kappa shape index (κ2) is 13.7. The molecule has 2 heterocycles. The average Bonchev–Trinajstić information content (AvgIpc) is 2.89. The molecule has 1 saturated heterocycles. The summed E-state index contributed by atoms with van der Waals surface area (Å²) < 4.78 is 25.0. The van der Waals surface area contributed by atoms with Gasteiger partial charge in [-0.25, -0.2) is 14.4 Å². The van der Waals surface area contributed by atoms with Gasteiger partial charge in [-0.3, -0.25) is 4.79 Å². The van der Waals surface area contributed by atoms with Gasteiger partial charge in [-0.2, -0.15) is 0 Å². The number of halogens is 2. The van der Waals surface area contributed by atoms with Crippen molar-refractivity contribution in [3.05, 3.63) is 47.5 Å². The molecule has 10 heteroatoms. The molecule has 1 aliphatic rings. The predicted molar refractivity (Wildman–Crippen MR) is 149 cm³/mol. The van der Waals surface area contributed by atoms with Gasteiger partial charge in [0.05, 0.1) is 22.8 Å². The van der Waals surface area contributed by atoms with Crippen molar-refractivity contribution in [2.45, 2.75) is 39.5 Å². The molecule has 1 atom stereocenters. The first-order valence-electron chi connectivity index (χ1n) is 13.2. The number of nitrogens with one attached hydrogen (secondary N) is 2. The van der Waals surface area contributed by atoms with Crippen molar-refractivity contribution in [2.24, 2.45) is 5.92 Å². The number of hydrogen-bond acceptors (Lipinski definition) is 7. The Hall–Kier alpha value is -3.01. The van der Waals surface area contributed by atoms with Crippen LogP contribution in [0.5, 0.6) is 5.75 Å². The maximum Gasteiger partial charge on any atom is 0.224 e. The number of nitrogens with zero attached hydrogens (tertiary/aromatic N) is 3. The van der Waals surface area contributed by atoms with Crippen molar-refractivity contribution in [3.63, 3.8) is 0 Å². The summed E-state index contributed by atoms with van der Waals surface area (Å²) in [7, 11) is 0. The lowest BCUT2D eigenvalue weighted by Crippen LogP contribution is -2.34. The standard InChI is InChI=1S/C28H35ClFN5O3/c1-3-37-11-12-38-26-16-24-21(28(32-18-31-24)33-20-7-8-23(30)22(29)14-20)15-25(26)34-27(36)13-19(2)17-35-9-5-4-6-10-35/h7-8,14-16,18-19H,3-6,9-13,17H2,1-2H3,(H,34,36)(H,31,32,33). The van der Waals surface area contributed by atoms with E-state index in [9.17, 15) is 9.18 Å². The highest BCUT2D eigenvalue weighted by atomic mass is 35.5. The number of rotatable bonds is 12. The van der Waals surface area contributed by atoms with E-state index in [1.807, 2.05) is 6.92 Å². The van der Waals surface area contributed by atoms with Gasteiger partial charge < -0.3 is 25.0 Å². The minimum Gasteiger partial charge on any atom is -0.489 e. The first-order valence-corrected chi connectivity index (χ1v) is 13.5. The topological polar surface area (TPSA) is 88.6 Å². The molecule has 204 valence electrons. The number of piperidine rings is 1. The average molecular weight is 544 g/mol. The molecule has 8 nitrogen and oxygen atoms in total. The lowest BCUT2D eigenvalue weighted by atomic mass is 10.0. The van der Waals surface area contributed by atoms with Crippen LogP contribution in [0.3, 0.4) is 0 Å². The summed E-state index contributed by atoms with van der Waals surface area (Å²) >= 11 is 5.95. The van der Waals surface area contributed by atoms with Crippen LogP contribution in [0.1, 0.15) is 39.5 Å². The summed E-state index contributed by atoms with van der Waals surface area (Å²) in [6, 6.07) is 7.93. The van der Waals surface area contributed by atoms with Gasteiger partial charge in [0.2, 0.25) is 5.91 Å². The molecule has 4 rings (SSSR count). The molecule has 38 heavy (non-hydrogen) atoms. The highest BCUT2D eigenvalue weighted by molar-refractivity contribution is 6.31. The maximum absolute atomic E-state index is 13.6. The molecule has 0 saturated carbocycles. The fourth-order valence-electron chi connectivity index (χ4n) is 4.63. The fourth-order valence-corrected chi connectivity index (χ4v) is 4.81. The molecule has 0 radical (unpaired) electrons. The van der Waals surface area contributed by atoms with Crippen LogP contribution < -0.4 is 15.4 Å².